The van der Waals surface area contributed by atoms with Gasteiger partial charge in [-0.15, -0.1) is 0 Å². The van der Waals surface area contributed by atoms with E-state index < -0.39 is 0 Å². The third-order valence-electron chi connectivity index (χ3n) is 4.12. The zero-order valence-electron chi connectivity index (χ0n) is 12.5. The number of hydrogen-bond acceptors (Lipinski definition) is 3. The summed E-state index contributed by atoms with van der Waals surface area (Å²) in [5.74, 6) is 0.274. The van der Waals surface area contributed by atoms with Crippen LogP contribution in [0.2, 0.25) is 0 Å². The van der Waals surface area contributed by atoms with E-state index in [1.165, 1.54) is 12.8 Å². The zero-order valence-corrected chi connectivity index (χ0v) is 12.5. The Balaban J connectivity index is 1.87. The van der Waals surface area contributed by atoms with Crippen LogP contribution in [0.25, 0.3) is 0 Å². The number of anilines is 1. The molecule has 0 saturated heterocycles. The molecular formula is C17H25NO2. The lowest BCUT2D eigenvalue weighted by Crippen LogP contribution is -2.21. The molecule has 3 heteroatoms. The molecule has 0 saturated carbocycles. The maximum absolute atomic E-state index is 12.2. The van der Waals surface area contributed by atoms with Crippen molar-refractivity contribution < 1.29 is 9.53 Å². The van der Waals surface area contributed by atoms with Crippen LogP contribution in [-0.4, -0.2) is 19.1 Å². The number of unbranched alkanes of at least 4 members (excludes halogenated alkanes) is 1. The van der Waals surface area contributed by atoms with Crippen molar-refractivity contribution in [1.82, 2.24) is 0 Å². The monoisotopic (exact) mass is 275 g/mol. The Bertz CT molecular complexity index is 444. The predicted molar refractivity (Wildman–Crippen MR) is 81.9 cm³/mol. The molecule has 2 rings (SSSR count). The van der Waals surface area contributed by atoms with Gasteiger partial charge in [-0.3, -0.25) is 4.79 Å². The first-order valence-electron chi connectivity index (χ1n) is 7.75. The van der Waals surface area contributed by atoms with Crippen LogP contribution in [0.1, 0.15) is 51.0 Å². The van der Waals surface area contributed by atoms with Crippen LogP contribution in [0.4, 0.5) is 5.69 Å². The summed E-state index contributed by atoms with van der Waals surface area (Å²) in [6, 6.07) is 7.98. The van der Waals surface area contributed by atoms with E-state index in [1.54, 1.807) is 0 Å². The summed E-state index contributed by atoms with van der Waals surface area (Å²) >= 11 is 0. The molecule has 0 aromatic heterocycles. The van der Waals surface area contributed by atoms with Crippen molar-refractivity contribution in [3.63, 3.8) is 0 Å². The first kappa shape index (κ1) is 14.9. The number of carbonyl (C=O) groups is 1. The molecule has 0 bridgehead atoms. The summed E-state index contributed by atoms with van der Waals surface area (Å²) in [7, 11) is 0. The molecule has 0 fully saturated rings. The summed E-state index contributed by atoms with van der Waals surface area (Å²) < 4.78 is 5.55. The van der Waals surface area contributed by atoms with Gasteiger partial charge in [0.05, 0.1) is 6.61 Å². The number of carbonyl (C=O) groups excluding carboxylic acids is 1. The highest BCUT2D eigenvalue weighted by molar-refractivity contribution is 5.83. The van der Waals surface area contributed by atoms with Crippen LogP contribution in [-0.2, 0) is 9.53 Å². The average molecular weight is 275 g/mol. The Kier molecular flexibility index (Phi) is 5.45. The molecule has 0 amide bonds. The highest BCUT2D eigenvalue weighted by Crippen LogP contribution is 2.32. The van der Waals surface area contributed by atoms with E-state index >= 15 is 0 Å². The average Bonchev–Trinajstić information content (AvgIpc) is 2.91. The summed E-state index contributed by atoms with van der Waals surface area (Å²) in [6.45, 7) is 5.58. The van der Waals surface area contributed by atoms with Gasteiger partial charge in [0.25, 0.3) is 0 Å². The van der Waals surface area contributed by atoms with E-state index in [2.05, 4.69) is 19.2 Å². The van der Waals surface area contributed by atoms with Crippen LogP contribution in [0.15, 0.2) is 24.3 Å². The van der Waals surface area contributed by atoms with Crippen molar-refractivity contribution in [3.8, 4) is 0 Å². The second-order valence-corrected chi connectivity index (χ2v) is 5.57. The number of rotatable bonds is 7. The lowest BCUT2D eigenvalue weighted by Gasteiger charge is -2.16. The van der Waals surface area contributed by atoms with Gasteiger partial charge in [0.15, 0.2) is 0 Å². The Morgan fingerprint density at radius 2 is 2.20 bits per heavy atom. The van der Waals surface area contributed by atoms with Crippen molar-refractivity contribution >= 4 is 11.7 Å². The predicted octanol–water partition coefficient (Wildman–Crippen LogP) is 3.96. The zero-order chi connectivity index (χ0) is 14.4. The van der Waals surface area contributed by atoms with Crippen LogP contribution in [0.3, 0.4) is 0 Å². The first-order valence-corrected chi connectivity index (χ1v) is 7.75. The van der Waals surface area contributed by atoms with Gasteiger partial charge in [0, 0.05) is 12.2 Å². The van der Waals surface area contributed by atoms with E-state index in [-0.39, 0.29) is 11.9 Å². The summed E-state index contributed by atoms with van der Waals surface area (Å²) in [5.41, 5.74) is 2.13. The molecular weight excluding hydrogens is 250 g/mol. The first-order chi connectivity index (χ1) is 9.76. The lowest BCUT2D eigenvalue weighted by molar-refractivity contribution is -0.146. The highest BCUT2D eigenvalue weighted by atomic mass is 16.5. The van der Waals surface area contributed by atoms with Gasteiger partial charge >= 0.3 is 5.97 Å². The molecule has 1 aromatic rings. The smallest absolute Gasteiger partial charge is 0.315 e. The van der Waals surface area contributed by atoms with Crippen LogP contribution >= 0.6 is 0 Å². The van der Waals surface area contributed by atoms with Crippen LogP contribution in [0.5, 0.6) is 0 Å². The van der Waals surface area contributed by atoms with Crippen molar-refractivity contribution in [3.05, 3.63) is 29.8 Å². The molecule has 1 aliphatic rings. The minimum absolute atomic E-state index is 0.0857. The van der Waals surface area contributed by atoms with Gasteiger partial charge in [-0.1, -0.05) is 51.3 Å². The van der Waals surface area contributed by atoms with Crippen molar-refractivity contribution in [1.29, 1.82) is 0 Å². The van der Waals surface area contributed by atoms with Gasteiger partial charge in [0.1, 0.15) is 5.92 Å². The van der Waals surface area contributed by atoms with Gasteiger partial charge in [-0.05, 0) is 24.0 Å². The molecule has 1 aliphatic heterocycles. The van der Waals surface area contributed by atoms with E-state index in [0.717, 1.165) is 24.1 Å². The lowest BCUT2D eigenvalue weighted by atomic mass is 9.99. The molecule has 110 valence electrons. The molecule has 2 unspecified atom stereocenters. The fourth-order valence-electron chi connectivity index (χ4n) is 2.69. The maximum atomic E-state index is 12.2. The van der Waals surface area contributed by atoms with Gasteiger partial charge in [-0.2, -0.15) is 0 Å². The highest BCUT2D eigenvalue weighted by Gasteiger charge is 2.29. The number of fused-ring (bicyclic) bond motifs is 1. The van der Waals surface area contributed by atoms with Crippen molar-refractivity contribution in [2.45, 2.75) is 45.4 Å². The Morgan fingerprint density at radius 3 is 2.95 bits per heavy atom. The van der Waals surface area contributed by atoms with Gasteiger partial charge in [-0.25, -0.2) is 0 Å². The number of ether oxygens (including phenoxy) is 1. The van der Waals surface area contributed by atoms with Crippen molar-refractivity contribution in [2.24, 2.45) is 5.92 Å². The molecule has 20 heavy (non-hydrogen) atoms. The van der Waals surface area contributed by atoms with Gasteiger partial charge < -0.3 is 10.1 Å². The second kappa shape index (κ2) is 7.32. The molecule has 1 heterocycles. The summed E-state index contributed by atoms with van der Waals surface area (Å²) in [5, 5.41) is 3.27. The summed E-state index contributed by atoms with van der Waals surface area (Å²) in [6.07, 6.45) is 4.64. The van der Waals surface area contributed by atoms with Crippen molar-refractivity contribution in [2.75, 3.05) is 18.5 Å². The standard InChI is InChI=1S/C17H25NO2/c1-3-5-8-13(4-2)12-20-17(19)15-11-18-16-10-7-6-9-14(15)16/h6-7,9-10,13,15,18H,3-5,8,11-12H2,1-2H3. The maximum Gasteiger partial charge on any atom is 0.315 e. The third-order valence-corrected chi connectivity index (χ3v) is 4.12. The molecule has 0 radical (unpaired) electrons. The fourth-order valence-corrected chi connectivity index (χ4v) is 2.69. The van der Waals surface area contributed by atoms with Crippen LogP contribution < -0.4 is 5.32 Å². The molecule has 1 N–H and O–H groups in total. The SMILES string of the molecule is CCCCC(CC)COC(=O)C1CNc2ccccc21. The topological polar surface area (TPSA) is 38.3 Å². The van der Waals surface area contributed by atoms with E-state index in [0.29, 0.717) is 19.1 Å². The number of nitrogens with one attached hydrogen (secondary N) is 1. The Labute approximate surface area is 121 Å². The van der Waals surface area contributed by atoms with E-state index in [1.807, 2.05) is 24.3 Å². The summed E-state index contributed by atoms with van der Waals surface area (Å²) in [4.78, 5) is 12.2. The third kappa shape index (κ3) is 3.53. The minimum Gasteiger partial charge on any atom is -0.465 e. The molecule has 1 aromatic carbocycles. The number of esters is 1. The van der Waals surface area contributed by atoms with Crippen LogP contribution in [0, 0.1) is 5.92 Å². The fraction of sp³-hybridized carbons (Fsp3) is 0.588. The minimum atomic E-state index is -0.144. The Morgan fingerprint density at radius 1 is 1.40 bits per heavy atom. The molecule has 0 aliphatic carbocycles. The number of hydrogen-bond donors (Lipinski definition) is 1. The Hall–Kier alpha value is -1.51. The van der Waals surface area contributed by atoms with E-state index in [9.17, 15) is 4.79 Å². The quantitative estimate of drug-likeness (QED) is 0.766. The second-order valence-electron chi connectivity index (χ2n) is 5.57. The van der Waals surface area contributed by atoms with E-state index in [4.69, 9.17) is 4.74 Å². The largest absolute Gasteiger partial charge is 0.465 e. The molecule has 0 spiro atoms. The number of benzene rings is 1. The molecule has 2 atom stereocenters. The molecule has 3 nitrogen and oxygen atoms in total. The van der Waals surface area contributed by atoms with Gasteiger partial charge in [0.2, 0.25) is 0 Å². The number of para-hydroxylation sites is 1. The normalized spacial score (nSPS) is 18.2.